The number of rotatable bonds is 8. The number of ether oxygens (including phenoxy) is 1. The number of aromatic hydroxyl groups is 1. The van der Waals surface area contributed by atoms with Gasteiger partial charge in [0.2, 0.25) is 0 Å². The van der Waals surface area contributed by atoms with Crippen LogP contribution < -0.4 is 4.74 Å². The zero-order chi connectivity index (χ0) is 32.2. The number of nitro groups is 2. The fraction of sp³-hybridized carbons (Fsp3) is 0.556. The average molecular weight is 633 g/mol. The van der Waals surface area contributed by atoms with E-state index < -0.39 is 37.3 Å². The Bertz CT molecular complexity index is 1330. The molecule has 2 aliphatic heterocycles. The molecule has 2 saturated heterocycles. The SMILES string of the molecule is CN1CCCC(COS(C)(=O)=O)C1.CN1CCCC(COc2ccc([N+](=O)[O-])cc2F)C1.O=[N+]([O-])c1ccc(O)c(F)c1. The summed E-state index contributed by atoms with van der Waals surface area (Å²) < 4.78 is 57.6. The standard InChI is InChI=1S/C13H17FN2O3.C8H17NO3S.C6H4FNO3/c1-15-6-2-3-10(8-15)9-19-13-5-4-11(16(17)18)7-12(13)14;1-9-5-3-4-8(6-9)7-12-13(2,10)11;7-5-3-4(8(10)11)1-2-6(5)9/h4-5,7,10H,2-3,6,8-9H2,1H3;8H,3-7H2,1-2H3;1-3,9H. The first-order valence-corrected chi connectivity index (χ1v) is 15.4. The lowest BCUT2D eigenvalue weighted by atomic mass is 10.00. The molecule has 4 rings (SSSR count). The van der Waals surface area contributed by atoms with Crippen LogP contribution in [0, 0.1) is 43.7 Å². The van der Waals surface area contributed by atoms with Crippen LogP contribution in [0.25, 0.3) is 0 Å². The second kappa shape index (κ2) is 17.0. The highest BCUT2D eigenvalue weighted by atomic mass is 32.2. The van der Waals surface area contributed by atoms with Gasteiger partial charge in [0.25, 0.3) is 21.5 Å². The molecule has 0 amide bonds. The summed E-state index contributed by atoms with van der Waals surface area (Å²) >= 11 is 0. The lowest BCUT2D eigenvalue weighted by molar-refractivity contribution is -0.385. The number of phenolic OH excluding ortho intramolecular Hbond substituents is 1. The van der Waals surface area contributed by atoms with Gasteiger partial charge in [0.05, 0.1) is 41.4 Å². The van der Waals surface area contributed by atoms with Crippen LogP contribution in [0.15, 0.2) is 36.4 Å². The van der Waals surface area contributed by atoms with Gasteiger partial charge in [-0.2, -0.15) is 8.42 Å². The Morgan fingerprint density at radius 2 is 1.37 bits per heavy atom. The Labute approximate surface area is 249 Å². The van der Waals surface area contributed by atoms with Gasteiger partial charge < -0.3 is 19.6 Å². The van der Waals surface area contributed by atoms with Crippen LogP contribution in [0.1, 0.15) is 25.7 Å². The lowest BCUT2D eigenvalue weighted by Gasteiger charge is -2.29. The summed E-state index contributed by atoms with van der Waals surface area (Å²) in [4.78, 5) is 23.6. The lowest BCUT2D eigenvalue weighted by Crippen LogP contribution is -2.34. The van der Waals surface area contributed by atoms with Gasteiger partial charge >= 0.3 is 0 Å². The summed E-state index contributed by atoms with van der Waals surface area (Å²) in [5, 5.41) is 29.1. The summed E-state index contributed by atoms with van der Waals surface area (Å²) in [6.07, 6.45) is 5.49. The Balaban J connectivity index is 0.000000236. The van der Waals surface area contributed by atoms with E-state index in [0.29, 0.717) is 31.1 Å². The Kier molecular flexibility index (Phi) is 14.1. The van der Waals surface area contributed by atoms with Crippen LogP contribution in [0.5, 0.6) is 11.5 Å². The first-order valence-electron chi connectivity index (χ1n) is 13.6. The minimum Gasteiger partial charge on any atom is -0.505 e. The molecule has 1 N–H and O–H groups in total. The molecule has 0 aliphatic carbocycles. The van der Waals surface area contributed by atoms with E-state index in [0.717, 1.165) is 76.3 Å². The van der Waals surface area contributed by atoms with Crippen molar-refractivity contribution in [2.24, 2.45) is 11.8 Å². The maximum atomic E-state index is 13.6. The summed E-state index contributed by atoms with van der Waals surface area (Å²) in [5.41, 5.74) is -0.637. The largest absolute Gasteiger partial charge is 0.505 e. The van der Waals surface area contributed by atoms with Crippen molar-refractivity contribution >= 4 is 21.5 Å². The van der Waals surface area contributed by atoms with Crippen LogP contribution in [0.3, 0.4) is 0 Å². The van der Waals surface area contributed by atoms with Gasteiger partial charge in [-0.25, -0.2) is 8.78 Å². The van der Waals surface area contributed by atoms with Crippen molar-refractivity contribution in [1.29, 1.82) is 0 Å². The van der Waals surface area contributed by atoms with Crippen molar-refractivity contribution in [2.75, 3.05) is 59.7 Å². The topological polar surface area (TPSA) is 166 Å². The van der Waals surface area contributed by atoms with Gasteiger partial charge in [-0.05, 0) is 70.9 Å². The Morgan fingerprint density at radius 3 is 1.81 bits per heavy atom. The van der Waals surface area contributed by atoms with Gasteiger partial charge in [0.15, 0.2) is 23.1 Å². The molecule has 0 aromatic heterocycles. The number of nitro benzene ring substituents is 2. The van der Waals surface area contributed by atoms with Crippen molar-refractivity contribution in [2.45, 2.75) is 25.7 Å². The molecule has 2 unspecified atom stereocenters. The monoisotopic (exact) mass is 632 g/mol. The molecular weight excluding hydrogens is 594 g/mol. The van der Waals surface area contributed by atoms with Crippen LogP contribution in [0.4, 0.5) is 20.2 Å². The van der Waals surface area contributed by atoms with Crippen LogP contribution in [-0.2, 0) is 14.3 Å². The number of likely N-dealkylation sites (tertiary alicyclic amines) is 2. The molecule has 0 spiro atoms. The molecule has 2 aromatic rings. The van der Waals surface area contributed by atoms with Gasteiger partial charge in [-0.15, -0.1) is 0 Å². The van der Waals surface area contributed by atoms with E-state index in [1.165, 1.54) is 12.1 Å². The molecule has 0 radical (unpaired) electrons. The number of halogens is 2. The molecule has 2 atom stereocenters. The van der Waals surface area contributed by atoms with Gasteiger partial charge in [-0.1, -0.05) is 0 Å². The molecular formula is C27H38F2N4O9S. The minimum absolute atomic E-state index is 0.0822. The van der Waals surface area contributed by atoms with Crippen LogP contribution in [0.2, 0.25) is 0 Å². The van der Waals surface area contributed by atoms with Crippen LogP contribution >= 0.6 is 0 Å². The summed E-state index contributed by atoms with van der Waals surface area (Å²) in [6.45, 7) is 4.85. The normalized spacial score (nSPS) is 19.3. The van der Waals surface area contributed by atoms with Crippen molar-refractivity contribution in [1.82, 2.24) is 9.80 Å². The second-order valence-electron chi connectivity index (χ2n) is 10.6. The third kappa shape index (κ3) is 13.6. The van der Waals surface area contributed by atoms with E-state index in [4.69, 9.17) is 14.0 Å². The van der Waals surface area contributed by atoms with Crippen LogP contribution in [-0.4, -0.2) is 92.9 Å². The number of nitrogens with zero attached hydrogens (tertiary/aromatic N) is 4. The number of hydrogen-bond donors (Lipinski definition) is 1. The zero-order valence-corrected chi connectivity index (χ0v) is 25.2. The average Bonchev–Trinajstić information content (AvgIpc) is 2.93. The second-order valence-corrected chi connectivity index (χ2v) is 12.2. The Hall–Kier alpha value is -3.47. The van der Waals surface area contributed by atoms with E-state index in [2.05, 4.69) is 16.8 Å². The number of phenols is 1. The molecule has 13 nitrogen and oxygen atoms in total. The number of non-ortho nitro benzene ring substituents is 2. The van der Waals surface area contributed by atoms with Crippen molar-refractivity contribution < 1.29 is 41.1 Å². The summed E-state index contributed by atoms with van der Waals surface area (Å²) in [6, 6.07) is 6.09. The molecule has 2 aliphatic rings. The quantitative estimate of drug-likeness (QED) is 0.252. The predicted molar refractivity (Wildman–Crippen MR) is 155 cm³/mol. The highest BCUT2D eigenvalue weighted by Crippen LogP contribution is 2.24. The molecule has 16 heteroatoms. The van der Waals surface area contributed by atoms with Crippen molar-refractivity contribution in [3.63, 3.8) is 0 Å². The third-order valence-electron chi connectivity index (χ3n) is 6.70. The Morgan fingerprint density at radius 1 is 0.884 bits per heavy atom. The van der Waals surface area contributed by atoms with E-state index in [9.17, 15) is 37.4 Å². The molecule has 2 heterocycles. The van der Waals surface area contributed by atoms with E-state index in [-0.39, 0.29) is 17.1 Å². The highest BCUT2D eigenvalue weighted by molar-refractivity contribution is 7.85. The molecule has 2 fully saturated rings. The predicted octanol–water partition coefficient (Wildman–Crippen LogP) is 4.20. The fourth-order valence-electron chi connectivity index (χ4n) is 4.58. The number of hydrogen-bond acceptors (Lipinski definition) is 11. The van der Waals surface area contributed by atoms with E-state index in [1.807, 2.05) is 7.05 Å². The highest BCUT2D eigenvalue weighted by Gasteiger charge is 2.20. The molecule has 0 saturated carbocycles. The number of piperidine rings is 2. The number of benzene rings is 2. The molecule has 0 bridgehead atoms. The fourth-order valence-corrected chi connectivity index (χ4v) is 5.02. The van der Waals surface area contributed by atoms with Gasteiger partial charge in [0.1, 0.15) is 0 Å². The van der Waals surface area contributed by atoms with Crippen molar-refractivity contribution in [3.8, 4) is 11.5 Å². The maximum absolute atomic E-state index is 13.6. The first kappa shape index (κ1) is 35.7. The first-order chi connectivity index (χ1) is 20.1. The minimum atomic E-state index is -3.26. The van der Waals surface area contributed by atoms with Gasteiger partial charge in [-0.3, -0.25) is 24.4 Å². The van der Waals surface area contributed by atoms with Gasteiger partial charge in [0, 0.05) is 31.1 Å². The summed E-state index contributed by atoms with van der Waals surface area (Å²) in [7, 11) is 0.843. The molecule has 2 aromatic carbocycles. The zero-order valence-electron chi connectivity index (χ0n) is 24.4. The molecule has 43 heavy (non-hydrogen) atoms. The van der Waals surface area contributed by atoms with E-state index in [1.54, 1.807) is 0 Å². The summed E-state index contributed by atoms with van der Waals surface area (Å²) in [5.74, 6) is -1.42. The smallest absolute Gasteiger partial charge is 0.272 e. The van der Waals surface area contributed by atoms with E-state index >= 15 is 0 Å². The third-order valence-corrected chi connectivity index (χ3v) is 7.27. The maximum Gasteiger partial charge on any atom is 0.272 e. The molecule has 240 valence electrons. The van der Waals surface area contributed by atoms with Crippen molar-refractivity contribution in [3.05, 3.63) is 68.3 Å².